The highest BCUT2D eigenvalue weighted by molar-refractivity contribution is 7.91. The Morgan fingerprint density at radius 2 is 1.59 bits per heavy atom. The first kappa shape index (κ1) is 19.2. The number of carbonyl (C=O) groups is 1. The Bertz CT molecular complexity index is 894. The number of amides is 1. The van der Waals surface area contributed by atoms with E-state index in [-0.39, 0.29) is 5.56 Å². The highest BCUT2D eigenvalue weighted by Gasteiger charge is 2.26. The number of alkyl halides is 2. The van der Waals surface area contributed by atoms with Crippen LogP contribution in [0.1, 0.15) is 10.4 Å². The first-order valence-corrected chi connectivity index (χ1v) is 9.79. The maximum Gasteiger partial charge on any atom is 0.341 e. The molecule has 0 aromatic heterocycles. The summed E-state index contributed by atoms with van der Waals surface area (Å²) in [5.74, 6) is -3.96. The van der Waals surface area contributed by atoms with Crippen molar-refractivity contribution >= 4 is 27.1 Å². The fraction of sp³-hybridized carbons (Fsp3) is 0.278. The van der Waals surface area contributed by atoms with Crippen LogP contribution in [0.5, 0.6) is 0 Å². The van der Waals surface area contributed by atoms with Gasteiger partial charge >= 0.3 is 5.76 Å². The second-order valence-corrected chi connectivity index (χ2v) is 7.85. The molecule has 2 aromatic carbocycles. The molecule has 1 amide bonds. The van der Waals surface area contributed by atoms with Crippen molar-refractivity contribution in [2.24, 2.45) is 0 Å². The molecule has 0 spiro atoms. The number of anilines is 2. The highest BCUT2D eigenvalue weighted by Crippen LogP contribution is 2.21. The van der Waals surface area contributed by atoms with E-state index >= 15 is 0 Å². The molecule has 0 saturated carbocycles. The summed E-state index contributed by atoms with van der Waals surface area (Å²) in [4.78, 5) is 13.9. The number of rotatable bonds is 5. The van der Waals surface area contributed by atoms with Crippen LogP contribution in [0.2, 0.25) is 0 Å². The zero-order valence-electron chi connectivity index (χ0n) is 14.3. The van der Waals surface area contributed by atoms with Crippen LogP contribution in [-0.2, 0) is 14.6 Å². The average Bonchev–Trinajstić information content (AvgIpc) is 2.69. The summed E-state index contributed by atoms with van der Waals surface area (Å²) >= 11 is 0. The minimum Gasteiger partial charge on any atom is -0.378 e. The lowest BCUT2D eigenvalue weighted by atomic mass is 10.2. The first-order valence-electron chi connectivity index (χ1n) is 8.24. The van der Waals surface area contributed by atoms with Crippen molar-refractivity contribution in [2.45, 2.75) is 10.7 Å². The zero-order valence-corrected chi connectivity index (χ0v) is 15.1. The van der Waals surface area contributed by atoms with Gasteiger partial charge in [-0.25, -0.2) is 8.42 Å². The molecule has 6 nitrogen and oxygen atoms in total. The number of ether oxygens (including phenoxy) is 1. The number of sulfone groups is 1. The molecule has 0 aliphatic carbocycles. The summed E-state index contributed by atoms with van der Waals surface area (Å²) in [6.45, 7) is 2.96. The molecule has 1 fully saturated rings. The standard InChI is InChI=1S/C18H18F2N2O4S/c19-18(20)27(24,25)16-7-1-13(2-8-16)17(23)21-14-3-5-15(6-4-14)22-9-11-26-12-10-22/h1-8,18H,9-12H2,(H,21,23). The van der Waals surface area contributed by atoms with Gasteiger partial charge in [-0.05, 0) is 48.5 Å². The molecular weight excluding hydrogens is 378 g/mol. The molecule has 1 saturated heterocycles. The molecule has 0 unspecified atom stereocenters. The van der Waals surface area contributed by atoms with Crippen LogP contribution in [0.3, 0.4) is 0 Å². The van der Waals surface area contributed by atoms with Gasteiger partial charge in [0, 0.05) is 30.0 Å². The van der Waals surface area contributed by atoms with Crippen molar-refractivity contribution in [3.8, 4) is 0 Å². The molecule has 144 valence electrons. The van der Waals surface area contributed by atoms with Crippen molar-refractivity contribution in [3.05, 3.63) is 54.1 Å². The van der Waals surface area contributed by atoms with E-state index in [4.69, 9.17) is 4.74 Å². The van der Waals surface area contributed by atoms with Crippen molar-refractivity contribution in [2.75, 3.05) is 36.5 Å². The lowest BCUT2D eigenvalue weighted by molar-refractivity contribution is 0.102. The number of carbonyl (C=O) groups excluding carboxylic acids is 1. The third kappa shape index (κ3) is 4.42. The van der Waals surface area contributed by atoms with E-state index in [2.05, 4.69) is 10.2 Å². The lowest BCUT2D eigenvalue weighted by Gasteiger charge is -2.28. The summed E-state index contributed by atoms with van der Waals surface area (Å²) in [6.07, 6.45) is 0. The number of halogens is 2. The molecule has 1 N–H and O–H groups in total. The fourth-order valence-electron chi connectivity index (χ4n) is 2.68. The van der Waals surface area contributed by atoms with Gasteiger partial charge in [-0.15, -0.1) is 0 Å². The predicted octanol–water partition coefficient (Wildman–Crippen LogP) is 2.77. The number of hydrogen-bond acceptors (Lipinski definition) is 5. The topological polar surface area (TPSA) is 75.7 Å². The molecular formula is C18H18F2N2O4S. The second-order valence-electron chi connectivity index (χ2n) is 5.93. The number of morpholine rings is 1. The quantitative estimate of drug-likeness (QED) is 0.841. The van der Waals surface area contributed by atoms with Gasteiger partial charge in [0.15, 0.2) is 0 Å². The number of benzene rings is 2. The molecule has 0 atom stereocenters. The number of nitrogens with zero attached hydrogens (tertiary/aromatic N) is 1. The minimum atomic E-state index is -4.67. The molecule has 3 rings (SSSR count). The van der Waals surface area contributed by atoms with Crippen LogP contribution in [0.15, 0.2) is 53.4 Å². The SMILES string of the molecule is O=C(Nc1ccc(N2CCOCC2)cc1)c1ccc(S(=O)(=O)C(F)F)cc1. The Kier molecular flexibility index (Phi) is 5.71. The summed E-state index contributed by atoms with van der Waals surface area (Å²) in [7, 11) is -4.67. The third-order valence-corrected chi connectivity index (χ3v) is 5.58. The summed E-state index contributed by atoms with van der Waals surface area (Å²) in [5, 5.41) is 2.69. The van der Waals surface area contributed by atoms with Crippen molar-refractivity contribution in [1.82, 2.24) is 0 Å². The summed E-state index contributed by atoms with van der Waals surface area (Å²) in [5.41, 5.74) is 1.76. The molecule has 1 aliphatic heterocycles. The molecule has 2 aromatic rings. The van der Waals surface area contributed by atoms with E-state index in [0.29, 0.717) is 18.9 Å². The monoisotopic (exact) mass is 396 g/mol. The summed E-state index contributed by atoms with van der Waals surface area (Å²) in [6, 6.07) is 11.7. The smallest absolute Gasteiger partial charge is 0.341 e. The molecule has 0 radical (unpaired) electrons. The van der Waals surface area contributed by atoms with Crippen LogP contribution < -0.4 is 10.2 Å². The van der Waals surface area contributed by atoms with E-state index in [1.165, 1.54) is 12.1 Å². The van der Waals surface area contributed by atoms with Crippen molar-refractivity contribution in [3.63, 3.8) is 0 Å². The van der Waals surface area contributed by atoms with Gasteiger partial charge in [-0.2, -0.15) is 8.78 Å². The van der Waals surface area contributed by atoms with Crippen LogP contribution in [0.25, 0.3) is 0 Å². The molecule has 1 aliphatic rings. The van der Waals surface area contributed by atoms with Crippen LogP contribution >= 0.6 is 0 Å². The molecule has 9 heteroatoms. The maximum absolute atomic E-state index is 12.5. The second kappa shape index (κ2) is 8.01. The lowest BCUT2D eigenvalue weighted by Crippen LogP contribution is -2.36. The van der Waals surface area contributed by atoms with E-state index in [9.17, 15) is 22.0 Å². The number of nitrogens with one attached hydrogen (secondary N) is 1. The maximum atomic E-state index is 12.5. The normalized spacial score (nSPS) is 15.0. The Morgan fingerprint density at radius 1 is 1.00 bits per heavy atom. The van der Waals surface area contributed by atoms with E-state index in [1.54, 1.807) is 12.1 Å². The van der Waals surface area contributed by atoms with Gasteiger partial charge in [0.1, 0.15) is 0 Å². The zero-order chi connectivity index (χ0) is 19.4. The Morgan fingerprint density at radius 3 is 2.15 bits per heavy atom. The highest BCUT2D eigenvalue weighted by atomic mass is 32.2. The van der Waals surface area contributed by atoms with Crippen LogP contribution in [0, 0.1) is 0 Å². The van der Waals surface area contributed by atoms with Gasteiger partial charge in [0.25, 0.3) is 5.91 Å². The molecule has 27 heavy (non-hydrogen) atoms. The van der Waals surface area contributed by atoms with Gasteiger partial charge in [0.2, 0.25) is 9.84 Å². The fourth-order valence-corrected chi connectivity index (χ4v) is 3.40. The third-order valence-electron chi connectivity index (χ3n) is 4.18. The molecule has 1 heterocycles. The van der Waals surface area contributed by atoms with Gasteiger partial charge in [-0.3, -0.25) is 4.79 Å². The summed E-state index contributed by atoms with van der Waals surface area (Å²) < 4.78 is 53.2. The molecule has 0 bridgehead atoms. The Balaban J connectivity index is 1.66. The van der Waals surface area contributed by atoms with E-state index in [1.807, 2.05) is 12.1 Å². The first-order chi connectivity index (χ1) is 12.9. The Hall–Kier alpha value is -2.52. The Labute approximate surface area is 155 Å². The van der Waals surface area contributed by atoms with E-state index in [0.717, 1.165) is 30.9 Å². The van der Waals surface area contributed by atoms with Crippen LogP contribution in [0.4, 0.5) is 20.2 Å². The van der Waals surface area contributed by atoms with Crippen LogP contribution in [-0.4, -0.2) is 46.4 Å². The average molecular weight is 396 g/mol. The predicted molar refractivity (Wildman–Crippen MR) is 97.1 cm³/mol. The van der Waals surface area contributed by atoms with Crippen molar-refractivity contribution in [1.29, 1.82) is 0 Å². The van der Waals surface area contributed by atoms with E-state index < -0.39 is 26.4 Å². The largest absolute Gasteiger partial charge is 0.378 e. The van der Waals surface area contributed by atoms with Crippen molar-refractivity contribution < 1.29 is 26.7 Å². The minimum absolute atomic E-state index is 0.167. The number of hydrogen-bond donors (Lipinski definition) is 1. The van der Waals surface area contributed by atoms with Gasteiger partial charge in [-0.1, -0.05) is 0 Å². The van der Waals surface area contributed by atoms with Gasteiger partial charge < -0.3 is 15.0 Å². The van der Waals surface area contributed by atoms with Gasteiger partial charge in [0.05, 0.1) is 18.1 Å².